The minimum Gasteiger partial charge on any atom is -0.497 e. The van der Waals surface area contributed by atoms with Crippen molar-refractivity contribution in [3.63, 3.8) is 0 Å². The molecule has 150 valence electrons. The molecular formula is C19H23N3O5S. The molecule has 0 aliphatic carbocycles. The number of carbonyl (C=O) groups excluding carboxylic acids is 1. The summed E-state index contributed by atoms with van der Waals surface area (Å²) in [5.41, 5.74) is 1.00. The molecule has 9 heteroatoms. The van der Waals surface area contributed by atoms with Gasteiger partial charge in [0.1, 0.15) is 10.5 Å². The van der Waals surface area contributed by atoms with Gasteiger partial charge in [0.2, 0.25) is 11.8 Å². The van der Waals surface area contributed by atoms with E-state index in [0.29, 0.717) is 31.0 Å². The fourth-order valence-corrected chi connectivity index (χ4v) is 6.44. The van der Waals surface area contributed by atoms with E-state index in [4.69, 9.17) is 9.26 Å². The molecule has 2 aliphatic rings. The standard InChI is InChI=1S/C19H23N3O5S/c1-3-17(23)22-11-19(12-22)15(8-9-28(19,24)25)18-20-16(21-27-18)10-13-4-6-14(26-2)7-5-13/h4-7,15H,3,8-12H2,1-2H3. The Morgan fingerprint density at radius 1 is 1.32 bits per heavy atom. The van der Waals surface area contributed by atoms with Crippen LogP contribution in [0, 0.1) is 0 Å². The number of aromatic nitrogens is 2. The van der Waals surface area contributed by atoms with Crippen molar-refractivity contribution in [2.75, 3.05) is 26.0 Å². The van der Waals surface area contributed by atoms with Crippen LogP contribution >= 0.6 is 0 Å². The molecule has 2 aliphatic heterocycles. The maximum Gasteiger partial charge on any atom is 0.231 e. The zero-order valence-corrected chi connectivity index (χ0v) is 16.7. The summed E-state index contributed by atoms with van der Waals surface area (Å²) in [4.78, 5) is 18.0. The van der Waals surface area contributed by atoms with Crippen LogP contribution in [0.3, 0.4) is 0 Å². The number of likely N-dealkylation sites (tertiary alicyclic amines) is 1. The number of nitrogens with zero attached hydrogens (tertiary/aromatic N) is 3. The van der Waals surface area contributed by atoms with Crippen LogP contribution in [0.2, 0.25) is 0 Å². The Labute approximate surface area is 163 Å². The fourth-order valence-electron chi connectivity index (χ4n) is 4.13. The number of hydrogen-bond donors (Lipinski definition) is 0. The maximum atomic E-state index is 12.7. The summed E-state index contributed by atoms with van der Waals surface area (Å²) in [6.45, 7) is 2.20. The molecule has 2 saturated heterocycles. The van der Waals surface area contributed by atoms with Gasteiger partial charge in [0.15, 0.2) is 15.7 Å². The number of hydrogen-bond acceptors (Lipinski definition) is 7. The number of benzene rings is 1. The first-order valence-electron chi connectivity index (χ1n) is 9.34. The van der Waals surface area contributed by atoms with Crippen LogP contribution in [0.1, 0.15) is 43.0 Å². The van der Waals surface area contributed by atoms with E-state index in [-0.39, 0.29) is 30.7 Å². The number of carbonyl (C=O) groups is 1. The van der Waals surface area contributed by atoms with Crippen molar-refractivity contribution in [1.29, 1.82) is 0 Å². The number of sulfone groups is 1. The molecule has 4 rings (SSSR count). The SMILES string of the molecule is CCC(=O)N1CC2(C1)C(c1nc(Cc3ccc(OC)cc3)no1)CCS2(=O)=O. The molecule has 0 radical (unpaired) electrons. The summed E-state index contributed by atoms with van der Waals surface area (Å²) in [6.07, 6.45) is 1.30. The highest BCUT2D eigenvalue weighted by molar-refractivity contribution is 7.93. The van der Waals surface area contributed by atoms with Crippen LogP contribution in [0.15, 0.2) is 28.8 Å². The number of amides is 1. The van der Waals surface area contributed by atoms with Crippen molar-refractivity contribution in [2.24, 2.45) is 0 Å². The average molecular weight is 405 g/mol. The molecule has 8 nitrogen and oxygen atoms in total. The zero-order chi connectivity index (χ0) is 19.9. The van der Waals surface area contributed by atoms with Crippen LogP contribution in [0.4, 0.5) is 0 Å². The normalized spacial score (nSPS) is 22.2. The van der Waals surface area contributed by atoms with Gasteiger partial charge in [-0.15, -0.1) is 0 Å². The molecule has 2 aromatic rings. The second-order valence-corrected chi connectivity index (χ2v) is 9.85. The van der Waals surface area contributed by atoms with E-state index in [1.165, 1.54) is 0 Å². The van der Waals surface area contributed by atoms with Gasteiger partial charge in [-0.1, -0.05) is 24.2 Å². The quantitative estimate of drug-likeness (QED) is 0.744. The van der Waals surface area contributed by atoms with Crippen molar-refractivity contribution in [1.82, 2.24) is 15.0 Å². The Kier molecular flexibility index (Phi) is 4.65. The average Bonchev–Trinajstić information content (AvgIpc) is 3.21. The van der Waals surface area contributed by atoms with Crippen molar-refractivity contribution < 1.29 is 22.5 Å². The van der Waals surface area contributed by atoms with Gasteiger partial charge in [0.05, 0.1) is 18.8 Å². The third-order valence-electron chi connectivity index (χ3n) is 5.81. The molecular weight excluding hydrogens is 382 g/mol. The summed E-state index contributed by atoms with van der Waals surface area (Å²) in [5.74, 6) is 1.33. The Balaban J connectivity index is 1.53. The molecule has 1 amide bonds. The van der Waals surface area contributed by atoms with Gasteiger partial charge >= 0.3 is 0 Å². The first kappa shape index (κ1) is 18.9. The second-order valence-electron chi connectivity index (χ2n) is 7.40. The molecule has 3 heterocycles. The molecule has 1 spiro atoms. The molecule has 0 bridgehead atoms. The van der Waals surface area contributed by atoms with E-state index < -0.39 is 14.6 Å². The predicted molar refractivity (Wildman–Crippen MR) is 101 cm³/mol. The maximum absolute atomic E-state index is 12.7. The van der Waals surface area contributed by atoms with Crippen LogP contribution in [-0.2, 0) is 21.1 Å². The van der Waals surface area contributed by atoms with E-state index in [1.54, 1.807) is 18.9 Å². The van der Waals surface area contributed by atoms with Crippen molar-refractivity contribution in [2.45, 2.75) is 36.9 Å². The van der Waals surface area contributed by atoms with Crippen LogP contribution in [0.25, 0.3) is 0 Å². The lowest BCUT2D eigenvalue weighted by Crippen LogP contribution is -2.67. The lowest BCUT2D eigenvalue weighted by Gasteiger charge is -2.48. The van der Waals surface area contributed by atoms with Crippen LogP contribution < -0.4 is 4.74 Å². The summed E-state index contributed by atoms with van der Waals surface area (Å²) in [6, 6.07) is 7.58. The van der Waals surface area contributed by atoms with E-state index in [9.17, 15) is 13.2 Å². The molecule has 0 N–H and O–H groups in total. The first-order valence-corrected chi connectivity index (χ1v) is 11.0. The van der Waals surface area contributed by atoms with E-state index in [2.05, 4.69) is 10.1 Å². The monoisotopic (exact) mass is 405 g/mol. The van der Waals surface area contributed by atoms with Gasteiger partial charge < -0.3 is 14.2 Å². The molecule has 1 unspecified atom stereocenters. The smallest absolute Gasteiger partial charge is 0.231 e. The highest BCUT2D eigenvalue weighted by atomic mass is 32.2. The zero-order valence-electron chi connectivity index (χ0n) is 15.9. The van der Waals surface area contributed by atoms with Crippen LogP contribution in [-0.4, -0.2) is 60.1 Å². The first-order chi connectivity index (χ1) is 13.4. The minimum atomic E-state index is -3.31. The van der Waals surface area contributed by atoms with Gasteiger partial charge in [0, 0.05) is 25.9 Å². The van der Waals surface area contributed by atoms with Crippen LogP contribution in [0.5, 0.6) is 5.75 Å². The molecule has 0 saturated carbocycles. The minimum absolute atomic E-state index is 0.0304. The molecule has 1 aromatic heterocycles. The largest absolute Gasteiger partial charge is 0.497 e. The topological polar surface area (TPSA) is 103 Å². The number of methoxy groups -OCH3 is 1. The predicted octanol–water partition coefficient (Wildman–Crippen LogP) is 1.56. The highest BCUT2D eigenvalue weighted by Crippen LogP contribution is 2.49. The highest BCUT2D eigenvalue weighted by Gasteiger charge is 2.64. The van der Waals surface area contributed by atoms with E-state index in [1.807, 2.05) is 24.3 Å². The fraction of sp³-hybridized carbons (Fsp3) is 0.526. The molecule has 1 aromatic carbocycles. The number of rotatable bonds is 5. The lowest BCUT2D eigenvalue weighted by atomic mass is 9.83. The van der Waals surface area contributed by atoms with E-state index in [0.717, 1.165) is 11.3 Å². The Morgan fingerprint density at radius 3 is 2.68 bits per heavy atom. The summed E-state index contributed by atoms with van der Waals surface area (Å²) in [7, 11) is -1.70. The third-order valence-corrected chi connectivity index (χ3v) is 8.36. The van der Waals surface area contributed by atoms with Gasteiger partial charge in [-0.05, 0) is 24.1 Å². The Bertz CT molecular complexity index is 977. The van der Waals surface area contributed by atoms with Crippen molar-refractivity contribution in [3.05, 3.63) is 41.5 Å². The second kappa shape index (κ2) is 6.88. The van der Waals surface area contributed by atoms with Gasteiger partial charge in [-0.3, -0.25) is 4.79 Å². The Morgan fingerprint density at radius 2 is 2.04 bits per heavy atom. The van der Waals surface area contributed by atoms with Gasteiger partial charge in [0.25, 0.3) is 0 Å². The molecule has 28 heavy (non-hydrogen) atoms. The summed E-state index contributed by atoms with van der Waals surface area (Å²) >= 11 is 0. The molecule has 1 atom stereocenters. The number of ether oxygens (including phenoxy) is 1. The third kappa shape index (κ3) is 2.97. The van der Waals surface area contributed by atoms with E-state index >= 15 is 0 Å². The summed E-state index contributed by atoms with van der Waals surface area (Å²) in [5, 5.41) is 4.05. The molecule has 2 fully saturated rings. The summed E-state index contributed by atoms with van der Waals surface area (Å²) < 4.78 is 35.1. The van der Waals surface area contributed by atoms with Crippen molar-refractivity contribution >= 4 is 15.7 Å². The van der Waals surface area contributed by atoms with Gasteiger partial charge in [-0.2, -0.15) is 4.98 Å². The van der Waals surface area contributed by atoms with Crippen molar-refractivity contribution in [3.8, 4) is 5.75 Å². The Hall–Kier alpha value is -2.42. The lowest BCUT2D eigenvalue weighted by molar-refractivity contribution is -0.136. The van der Waals surface area contributed by atoms with Gasteiger partial charge in [-0.25, -0.2) is 8.42 Å².